The van der Waals surface area contributed by atoms with Gasteiger partial charge in [-0.05, 0) is 6.42 Å². The molecular weight excluding hydrogens is 188 g/mol. The number of carbonyl (C=O) groups is 1. The first-order valence-electron chi connectivity index (χ1n) is 4.80. The molecule has 2 atom stereocenters. The minimum Gasteiger partial charge on any atom is -0.394 e. The van der Waals surface area contributed by atoms with Gasteiger partial charge >= 0.3 is 5.97 Å². The van der Waals surface area contributed by atoms with Gasteiger partial charge in [-0.3, -0.25) is 4.89 Å². The van der Waals surface area contributed by atoms with E-state index in [1.54, 1.807) is 6.92 Å². The highest BCUT2D eigenvalue weighted by Crippen LogP contribution is 2.08. The van der Waals surface area contributed by atoms with Crippen molar-refractivity contribution in [2.75, 3.05) is 6.61 Å². The molecule has 0 bridgehead atoms. The molecule has 0 aromatic rings. The molecule has 14 heavy (non-hydrogen) atoms. The second-order valence-corrected chi connectivity index (χ2v) is 2.98. The molecule has 0 saturated heterocycles. The van der Waals surface area contributed by atoms with E-state index >= 15 is 0 Å². The van der Waals surface area contributed by atoms with E-state index < -0.39 is 24.8 Å². The Bertz CT molecular complexity index is 159. The van der Waals surface area contributed by atoms with Crippen LogP contribution >= 0.6 is 0 Å². The lowest BCUT2D eigenvalue weighted by Crippen LogP contribution is -2.32. The Kier molecular flexibility index (Phi) is 7.37. The van der Waals surface area contributed by atoms with Crippen LogP contribution in [0.5, 0.6) is 0 Å². The van der Waals surface area contributed by atoms with Crippen LogP contribution in [-0.2, 0) is 14.6 Å². The number of carbonyl (C=O) groups excluding carboxylic acids is 1. The van der Waals surface area contributed by atoms with E-state index in [9.17, 15) is 9.90 Å². The molecule has 0 aliphatic carbocycles. The molecule has 0 saturated carbocycles. The predicted octanol–water partition coefficient (Wildman–Crippen LogP) is 0.393. The predicted molar refractivity (Wildman–Crippen MR) is 49.3 cm³/mol. The zero-order valence-corrected chi connectivity index (χ0v) is 8.60. The van der Waals surface area contributed by atoms with E-state index in [0.29, 0.717) is 6.42 Å². The maximum atomic E-state index is 10.7. The molecule has 2 N–H and O–H groups in total. The van der Waals surface area contributed by atoms with Gasteiger partial charge in [0.1, 0.15) is 12.2 Å². The van der Waals surface area contributed by atoms with Crippen molar-refractivity contribution in [1.82, 2.24) is 0 Å². The van der Waals surface area contributed by atoms with Crippen molar-refractivity contribution in [2.24, 2.45) is 0 Å². The Labute approximate surface area is 83.6 Å². The third kappa shape index (κ3) is 5.16. The molecule has 0 spiro atoms. The summed E-state index contributed by atoms with van der Waals surface area (Å²) in [4.78, 5) is 19.9. The molecule has 84 valence electrons. The van der Waals surface area contributed by atoms with Gasteiger partial charge in [0.15, 0.2) is 0 Å². The SMILES string of the molecule is CCCC(OOC(=O)CC)C(O)CO. The summed E-state index contributed by atoms with van der Waals surface area (Å²) >= 11 is 0. The molecule has 0 aliphatic rings. The normalized spacial score (nSPS) is 14.9. The van der Waals surface area contributed by atoms with E-state index in [1.807, 2.05) is 6.92 Å². The average Bonchev–Trinajstić information content (AvgIpc) is 2.22. The molecule has 0 aromatic carbocycles. The third-order valence-electron chi connectivity index (χ3n) is 1.74. The molecule has 0 rings (SSSR count). The van der Waals surface area contributed by atoms with E-state index in [0.717, 1.165) is 6.42 Å². The van der Waals surface area contributed by atoms with Crippen LogP contribution in [0.3, 0.4) is 0 Å². The first-order chi connectivity index (χ1) is 6.65. The maximum Gasteiger partial charge on any atom is 0.342 e. The topological polar surface area (TPSA) is 76.0 Å². The number of aliphatic hydroxyl groups is 2. The molecule has 5 heteroatoms. The maximum absolute atomic E-state index is 10.7. The Morgan fingerprint density at radius 1 is 1.43 bits per heavy atom. The summed E-state index contributed by atoms with van der Waals surface area (Å²) < 4.78 is 0. The van der Waals surface area contributed by atoms with E-state index in [2.05, 4.69) is 4.89 Å². The van der Waals surface area contributed by atoms with Gasteiger partial charge in [-0.15, -0.1) is 0 Å². The Morgan fingerprint density at radius 2 is 2.07 bits per heavy atom. The summed E-state index contributed by atoms with van der Waals surface area (Å²) in [6, 6.07) is 0. The van der Waals surface area contributed by atoms with Gasteiger partial charge in [-0.25, -0.2) is 4.79 Å². The fraction of sp³-hybridized carbons (Fsp3) is 0.889. The fourth-order valence-corrected chi connectivity index (χ4v) is 0.881. The van der Waals surface area contributed by atoms with Crippen molar-refractivity contribution < 1.29 is 24.8 Å². The number of hydrogen-bond acceptors (Lipinski definition) is 5. The van der Waals surface area contributed by atoms with Crippen LogP contribution in [0.25, 0.3) is 0 Å². The summed E-state index contributed by atoms with van der Waals surface area (Å²) in [5.74, 6) is -0.490. The quantitative estimate of drug-likeness (QED) is 0.465. The standard InChI is InChI=1S/C9H18O5/c1-3-5-8(7(11)6-10)13-14-9(12)4-2/h7-8,10-11H,3-6H2,1-2H3. The van der Waals surface area contributed by atoms with Gasteiger partial charge in [-0.1, -0.05) is 20.3 Å². The fourth-order valence-electron chi connectivity index (χ4n) is 0.881. The van der Waals surface area contributed by atoms with E-state index in [4.69, 9.17) is 9.99 Å². The monoisotopic (exact) mass is 206 g/mol. The summed E-state index contributed by atoms with van der Waals surface area (Å²) in [7, 11) is 0. The van der Waals surface area contributed by atoms with Gasteiger partial charge in [0.05, 0.1) is 6.61 Å². The van der Waals surface area contributed by atoms with Crippen molar-refractivity contribution >= 4 is 5.97 Å². The molecular formula is C9H18O5. The third-order valence-corrected chi connectivity index (χ3v) is 1.74. The highest BCUT2D eigenvalue weighted by Gasteiger charge is 2.20. The first-order valence-corrected chi connectivity index (χ1v) is 4.80. The second kappa shape index (κ2) is 7.73. The molecule has 0 heterocycles. The molecule has 0 fully saturated rings. The number of aliphatic hydroxyl groups excluding tert-OH is 2. The largest absolute Gasteiger partial charge is 0.394 e. The molecule has 0 amide bonds. The van der Waals surface area contributed by atoms with Crippen LogP contribution in [0, 0.1) is 0 Å². The minimum absolute atomic E-state index is 0.216. The number of rotatable bonds is 7. The van der Waals surface area contributed by atoms with Crippen molar-refractivity contribution in [3.05, 3.63) is 0 Å². The van der Waals surface area contributed by atoms with Gasteiger partial charge in [0, 0.05) is 6.42 Å². The van der Waals surface area contributed by atoms with Crippen LogP contribution in [0.2, 0.25) is 0 Å². The summed E-state index contributed by atoms with van der Waals surface area (Å²) in [6.07, 6.45) is -0.154. The lowest BCUT2D eigenvalue weighted by atomic mass is 10.1. The molecule has 2 unspecified atom stereocenters. The van der Waals surface area contributed by atoms with Gasteiger partial charge in [0.25, 0.3) is 0 Å². The summed E-state index contributed by atoms with van der Waals surface area (Å²) in [5, 5.41) is 18.0. The van der Waals surface area contributed by atoms with Crippen LogP contribution in [0.4, 0.5) is 0 Å². The first kappa shape index (κ1) is 13.4. The van der Waals surface area contributed by atoms with Crippen molar-refractivity contribution in [3.8, 4) is 0 Å². The van der Waals surface area contributed by atoms with E-state index in [-0.39, 0.29) is 6.42 Å². The van der Waals surface area contributed by atoms with E-state index in [1.165, 1.54) is 0 Å². The number of hydrogen-bond donors (Lipinski definition) is 2. The van der Waals surface area contributed by atoms with Gasteiger partial charge in [0.2, 0.25) is 0 Å². The zero-order valence-electron chi connectivity index (χ0n) is 8.60. The molecule has 0 radical (unpaired) electrons. The van der Waals surface area contributed by atoms with Crippen molar-refractivity contribution in [3.63, 3.8) is 0 Å². The minimum atomic E-state index is -1.01. The summed E-state index contributed by atoms with van der Waals surface area (Å²) in [6.45, 7) is 3.14. The van der Waals surface area contributed by atoms with Crippen LogP contribution < -0.4 is 0 Å². The van der Waals surface area contributed by atoms with Crippen LogP contribution in [0.15, 0.2) is 0 Å². The van der Waals surface area contributed by atoms with Gasteiger partial charge < -0.3 is 10.2 Å². The van der Waals surface area contributed by atoms with Gasteiger partial charge in [-0.2, -0.15) is 4.89 Å². The van der Waals surface area contributed by atoms with Crippen LogP contribution in [0.1, 0.15) is 33.1 Å². The Hall–Kier alpha value is -0.650. The van der Waals surface area contributed by atoms with Crippen LogP contribution in [-0.4, -0.2) is 35.0 Å². The molecule has 0 aliphatic heterocycles. The lowest BCUT2D eigenvalue weighted by molar-refractivity contribution is -0.313. The summed E-state index contributed by atoms with van der Waals surface area (Å²) in [5.41, 5.74) is 0. The molecule has 0 aromatic heterocycles. The second-order valence-electron chi connectivity index (χ2n) is 2.98. The van der Waals surface area contributed by atoms with Crippen molar-refractivity contribution in [1.29, 1.82) is 0 Å². The zero-order chi connectivity index (χ0) is 11.0. The Morgan fingerprint density at radius 3 is 2.50 bits per heavy atom. The smallest absolute Gasteiger partial charge is 0.342 e. The average molecular weight is 206 g/mol. The van der Waals surface area contributed by atoms with Crippen molar-refractivity contribution in [2.45, 2.75) is 45.3 Å². The highest BCUT2D eigenvalue weighted by atomic mass is 17.2. The Balaban J connectivity index is 3.89. The highest BCUT2D eigenvalue weighted by molar-refractivity contribution is 5.68. The lowest BCUT2D eigenvalue weighted by Gasteiger charge is -2.18. The molecule has 5 nitrogen and oxygen atoms in total.